The highest BCUT2D eigenvalue weighted by molar-refractivity contribution is 9.10. The van der Waals surface area contributed by atoms with Crippen LogP contribution in [0.25, 0.3) is 10.9 Å². The number of rotatable bonds is 3. The van der Waals surface area contributed by atoms with Gasteiger partial charge in [-0.25, -0.2) is 14.4 Å². The second-order valence-corrected chi connectivity index (χ2v) is 7.20. The lowest BCUT2D eigenvalue weighted by molar-refractivity contribution is -0.138. The first kappa shape index (κ1) is 19.8. The molecule has 1 N–H and O–H groups in total. The summed E-state index contributed by atoms with van der Waals surface area (Å²) < 4.78 is 53.5. The van der Waals surface area contributed by atoms with Gasteiger partial charge in [0.25, 0.3) is 0 Å². The van der Waals surface area contributed by atoms with Gasteiger partial charge in [0.05, 0.1) is 21.6 Å². The van der Waals surface area contributed by atoms with Crippen molar-refractivity contribution < 1.29 is 17.6 Å². The molecule has 2 aromatic carbocycles. The molecule has 0 aliphatic heterocycles. The maximum atomic E-state index is 13.8. The molecule has 0 saturated heterocycles. The van der Waals surface area contributed by atoms with E-state index in [0.29, 0.717) is 16.8 Å². The third kappa shape index (κ3) is 4.01. The van der Waals surface area contributed by atoms with Gasteiger partial charge < -0.3 is 5.32 Å². The summed E-state index contributed by atoms with van der Waals surface area (Å²) in [6, 6.07) is 6.21. The van der Waals surface area contributed by atoms with E-state index in [1.165, 1.54) is 25.1 Å². The molecular weight excluding hydrogens is 450 g/mol. The Bertz CT molecular complexity index is 1020. The zero-order chi connectivity index (χ0) is 19.9. The van der Waals surface area contributed by atoms with Gasteiger partial charge in [0.15, 0.2) is 0 Å². The number of fused-ring (bicyclic) bond motifs is 1. The van der Waals surface area contributed by atoms with Gasteiger partial charge in [0.1, 0.15) is 11.6 Å². The molecule has 9 heteroatoms. The molecule has 1 aromatic heterocycles. The molecule has 0 bridgehead atoms. The SMILES string of the molecule is Cc1c([C@@H](C)Nc2nc(Cl)nc3cc(F)c(Br)cc23)cccc1C(F)(F)F. The normalized spacial score (nSPS) is 13.0. The van der Waals surface area contributed by atoms with Crippen molar-refractivity contribution in [1.29, 1.82) is 0 Å². The molecule has 0 radical (unpaired) electrons. The van der Waals surface area contributed by atoms with Gasteiger partial charge in [-0.2, -0.15) is 13.2 Å². The van der Waals surface area contributed by atoms with Gasteiger partial charge in [0.2, 0.25) is 5.28 Å². The Labute approximate surface area is 165 Å². The topological polar surface area (TPSA) is 37.8 Å². The van der Waals surface area contributed by atoms with Crippen LogP contribution in [0.5, 0.6) is 0 Å². The van der Waals surface area contributed by atoms with Gasteiger partial charge in [0, 0.05) is 11.5 Å². The molecule has 3 nitrogen and oxygen atoms in total. The summed E-state index contributed by atoms with van der Waals surface area (Å²) in [5.74, 6) is -0.208. The van der Waals surface area contributed by atoms with Crippen molar-refractivity contribution in [2.24, 2.45) is 0 Å². The van der Waals surface area contributed by atoms with Crippen LogP contribution in [0.2, 0.25) is 5.28 Å². The number of hydrogen-bond acceptors (Lipinski definition) is 3. The smallest absolute Gasteiger partial charge is 0.363 e. The van der Waals surface area contributed by atoms with E-state index >= 15 is 0 Å². The van der Waals surface area contributed by atoms with E-state index in [4.69, 9.17) is 11.6 Å². The number of benzene rings is 2. The molecule has 142 valence electrons. The zero-order valence-corrected chi connectivity index (χ0v) is 16.5. The molecule has 0 saturated carbocycles. The van der Waals surface area contributed by atoms with E-state index < -0.39 is 23.6 Å². The highest BCUT2D eigenvalue weighted by atomic mass is 79.9. The van der Waals surface area contributed by atoms with Crippen molar-refractivity contribution in [2.75, 3.05) is 5.32 Å². The number of hydrogen-bond donors (Lipinski definition) is 1. The molecule has 1 atom stereocenters. The molecule has 0 aliphatic carbocycles. The first-order chi connectivity index (χ1) is 12.6. The lowest BCUT2D eigenvalue weighted by Crippen LogP contribution is -2.14. The maximum absolute atomic E-state index is 13.8. The van der Waals surface area contributed by atoms with Gasteiger partial charge in [-0.15, -0.1) is 0 Å². The number of halogens is 6. The monoisotopic (exact) mass is 461 g/mol. The van der Waals surface area contributed by atoms with Crippen LogP contribution in [0, 0.1) is 12.7 Å². The molecule has 0 amide bonds. The fourth-order valence-electron chi connectivity index (χ4n) is 2.92. The van der Waals surface area contributed by atoms with E-state index in [2.05, 4.69) is 31.2 Å². The van der Waals surface area contributed by atoms with Gasteiger partial charge in [-0.1, -0.05) is 12.1 Å². The third-order valence-corrected chi connectivity index (χ3v) is 4.99. The predicted molar refractivity (Wildman–Crippen MR) is 100 cm³/mol. The van der Waals surface area contributed by atoms with Gasteiger partial charge in [-0.05, 0) is 64.6 Å². The molecule has 27 heavy (non-hydrogen) atoms. The predicted octanol–water partition coefficient (Wildman–Crippen LogP) is 6.69. The first-order valence-corrected chi connectivity index (χ1v) is 9.00. The lowest BCUT2D eigenvalue weighted by atomic mass is 9.97. The molecule has 0 unspecified atom stereocenters. The van der Waals surface area contributed by atoms with Crippen LogP contribution >= 0.6 is 27.5 Å². The number of nitrogens with zero attached hydrogens (tertiary/aromatic N) is 2. The van der Waals surface area contributed by atoms with Crippen LogP contribution in [-0.4, -0.2) is 9.97 Å². The Hall–Kier alpha value is -1.93. The van der Waals surface area contributed by atoms with Crippen LogP contribution in [0.4, 0.5) is 23.4 Å². The van der Waals surface area contributed by atoms with Gasteiger partial charge >= 0.3 is 6.18 Å². The molecule has 0 spiro atoms. The van der Waals surface area contributed by atoms with Crippen LogP contribution in [0.1, 0.15) is 29.7 Å². The number of nitrogens with one attached hydrogen (secondary N) is 1. The average molecular weight is 463 g/mol. The summed E-state index contributed by atoms with van der Waals surface area (Å²) in [6.07, 6.45) is -4.44. The Balaban J connectivity index is 2.05. The third-order valence-electron chi connectivity index (χ3n) is 4.21. The van der Waals surface area contributed by atoms with E-state index in [-0.39, 0.29) is 20.8 Å². The summed E-state index contributed by atoms with van der Waals surface area (Å²) in [5, 5.41) is 3.45. The standard InChI is InChI=1S/C18H13BrClF4N3/c1-8-10(4-3-5-12(8)18(22,23)24)9(2)25-16-11-6-13(19)14(21)7-15(11)26-17(20)27-16/h3-7,9H,1-2H3,(H,25,26,27)/t9-/m1/s1. The Morgan fingerprint density at radius 3 is 2.56 bits per heavy atom. The highest BCUT2D eigenvalue weighted by Crippen LogP contribution is 2.36. The molecular formula is C18H13BrClF4N3. The van der Waals surface area contributed by atoms with Gasteiger partial charge in [-0.3, -0.25) is 0 Å². The van der Waals surface area contributed by atoms with Crippen LogP contribution < -0.4 is 5.32 Å². The minimum Gasteiger partial charge on any atom is -0.363 e. The number of anilines is 1. The summed E-state index contributed by atoms with van der Waals surface area (Å²) in [4.78, 5) is 8.10. The molecule has 0 fully saturated rings. The fourth-order valence-corrected chi connectivity index (χ4v) is 3.44. The first-order valence-electron chi connectivity index (χ1n) is 7.83. The number of aromatic nitrogens is 2. The van der Waals surface area contributed by atoms with E-state index in [0.717, 1.165) is 6.07 Å². The van der Waals surface area contributed by atoms with Crippen LogP contribution in [0.3, 0.4) is 0 Å². The number of alkyl halides is 3. The largest absolute Gasteiger partial charge is 0.416 e. The van der Waals surface area contributed by atoms with Crippen molar-refractivity contribution in [3.8, 4) is 0 Å². The van der Waals surface area contributed by atoms with E-state index in [9.17, 15) is 17.6 Å². The van der Waals surface area contributed by atoms with Crippen LogP contribution in [0.15, 0.2) is 34.8 Å². The summed E-state index contributed by atoms with van der Waals surface area (Å²) >= 11 is 9.02. The highest BCUT2D eigenvalue weighted by Gasteiger charge is 2.33. The molecule has 1 heterocycles. The minimum absolute atomic E-state index is 0.0975. The fraction of sp³-hybridized carbons (Fsp3) is 0.222. The van der Waals surface area contributed by atoms with Crippen molar-refractivity contribution >= 4 is 44.3 Å². The van der Waals surface area contributed by atoms with Crippen molar-refractivity contribution in [3.05, 3.63) is 62.6 Å². The maximum Gasteiger partial charge on any atom is 0.416 e. The van der Waals surface area contributed by atoms with Crippen molar-refractivity contribution in [3.63, 3.8) is 0 Å². The quantitative estimate of drug-likeness (QED) is 0.348. The minimum atomic E-state index is -4.44. The summed E-state index contributed by atoms with van der Waals surface area (Å²) in [5.41, 5.74) is 0.186. The Kier molecular flexibility index (Phi) is 5.31. The average Bonchev–Trinajstić information content (AvgIpc) is 2.55. The summed E-state index contributed by atoms with van der Waals surface area (Å²) in [7, 11) is 0. The van der Waals surface area contributed by atoms with E-state index in [1.54, 1.807) is 13.0 Å². The second kappa shape index (κ2) is 7.24. The lowest BCUT2D eigenvalue weighted by Gasteiger charge is -2.21. The second-order valence-electron chi connectivity index (χ2n) is 6.01. The molecule has 3 rings (SSSR count). The van der Waals surface area contributed by atoms with Crippen molar-refractivity contribution in [2.45, 2.75) is 26.1 Å². The molecule has 0 aliphatic rings. The zero-order valence-electron chi connectivity index (χ0n) is 14.1. The molecule has 3 aromatic rings. The van der Waals surface area contributed by atoms with Crippen molar-refractivity contribution in [1.82, 2.24) is 9.97 Å². The Morgan fingerprint density at radius 2 is 1.89 bits per heavy atom. The van der Waals surface area contributed by atoms with Crippen LogP contribution in [-0.2, 0) is 6.18 Å². The van der Waals surface area contributed by atoms with E-state index in [1.807, 2.05) is 0 Å². The Morgan fingerprint density at radius 1 is 1.19 bits per heavy atom. The summed E-state index contributed by atoms with van der Waals surface area (Å²) in [6.45, 7) is 3.14.